The van der Waals surface area contributed by atoms with Crippen molar-refractivity contribution < 1.29 is 14.3 Å². The van der Waals surface area contributed by atoms with E-state index >= 15 is 0 Å². The lowest BCUT2D eigenvalue weighted by molar-refractivity contribution is 0.0529. The van der Waals surface area contributed by atoms with Crippen LogP contribution in [0.3, 0.4) is 0 Å². The van der Waals surface area contributed by atoms with Gasteiger partial charge in [0.05, 0.1) is 12.3 Å². The van der Waals surface area contributed by atoms with Gasteiger partial charge in [-0.2, -0.15) is 5.10 Å². The van der Waals surface area contributed by atoms with Crippen LogP contribution in [0, 0.1) is 13.8 Å². The maximum Gasteiger partial charge on any atom is 0.428 e. The van der Waals surface area contributed by atoms with Crippen LogP contribution in [0.15, 0.2) is 11.2 Å². The van der Waals surface area contributed by atoms with Gasteiger partial charge in [0.25, 0.3) is 0 Å². The Hall–Kier alpha value is -1.82. The van der Waals surface area contributed by atoms with Crippen LogP contribution in [-0.2, 0) is 16.0 Å². The van der Waals surface area contributed by atoms with Crippen molar-refractivity contribution >= 4 is 12.3 Å². The van der Waals surface area contributed by atoms with Crippen molar-refractivity contribution in [2.45, 2.75) is 65.7 Å². The fraction of sp³-hybridized carbons (Fsp3) is 0.647. The molecule has 0 bridgehead atoms. The van der Waals surface area contributed by atoms with Gasteiger partial charge in [-0.05, 0) is 53.5 Å². The average Bonchev–Trinajstić information content (AvgIpc) is 3.01. The van der Waals surface area contributed by atoms with Crippen LogP contribution in [0.4, 0.5) is 4.79 Å². The van der Waals surface area contributed by atoms with E-state index in [1.54, 1.807) is 6.21 Å². The monoisotopic (exact) mass is 321 g/mol. The van der Waals surface area contributed by atoms with Crippen LogP contribution >= 0.6 is 0 Å². The second-order valence-electron chi connectivity index (χ2n) is 6.94. The van der Waals surface area contributed by atoms with E-state index in [0.29, 0.717) is 6.10 Å². The summed E-state index contributed by atoms with van der Waals surface area (Å²) < 4.78 is 13.1. The molecule has 0 unspecified atom stereocenters. The van der Waals surface area contributed by atoms with Gasteiger partial charge in [-0.25, -0.2) is 10.2 Å². The smallest absolute Gasteiger partial charge is 0.428 e. The molecule has 2 heterocycles. The number of aryl methyl sites for hydroxylation is 1. The van der Waals surface area contributed by atoms with Crippen LogP contribution in [0.1, 0.15) is 50.6 Å². The van der Waals surface area contributed by atoms with E-state index in [2.05, 4.69) is 35.0 Å². The number of hydrogen-bond acceptors (Lipinski definition) is 4. The highest BCUT2D eigenvalue weighted by Gasteiger charge is 2.19. The topological polar surface area (TPSA) is 64.8 Å². The number of carbonyl (C=O) groups excluding carboxylic acids is 1. The highest BCUT2D eigenvalue weighted by Crippen LogP contribution is 2.19. The molecule has 1 saturated heterocycles. The van der Waals surface area contributed by atoms with E-state index in [9.17, 15) is 4.79 Å². The molecule has 1 aromatic heterocycles. The molecule has 1 amide bonds. The third-order valence-electron chi connectivity index (χ3n) is 3.78. The zero-order valence-electron chi connectivity index (χ0n) is 14.7. The number of nitrogens with one attached hydrogen (secondary N) is 1. The standard InChI is InChI=1S/C17H27N3O3/c1-12-9-14(10-18-19-16(21)23-17(3,4)5)13(2)20(12)11-15-7-6-8-22-15/h9-10,15H,6-8,11H2,1-5H3,(H,19,21)/b18-10-/t15-/m0/s1. The van der Waals surface area contributed by atoms with E-state index in [4.69, 9.17) is 9.47 Å². The lowest BCUT2D eigenvalue weighted by Gasteiger charge is -2.18. The molecule has 6 nitrogen and oxygen atoms in total. The largest absolute Gasteiger partial charge is 0.443 e. The summed E-state index contributed by atoms with van der Waals surface area (Å²) in [6.07, 6.45) is 3.64. The highest BCUT2D eigenvalue weighted by molar-refractivity contribution is 5.82. The first-order valence-corrected chi connectivity index (χ1v) is 8.06. The Labute approximate surface area is 137 Å². The number of hydrazone groups is 1. The molecule has 0 aromatic carbocycles. The predicted molar refractivity (Wildman–Crippen MR) is 89.8 cm³/mol. The van der Waals surface area contributed by atoms with Crippen molar-refractivity contribution in [2.75, 3.05) is 6.61 Å². The molecule has 0 spiro atoms. The summed E-state index contributed by atoms with van der Waals surface area (Å²) in [5.74, 6) is 0. The van der Waals surface area contributed by atoms with E-state index in [0.717, 1.165) is 42.9 Å². The van der Waals surface area contributed by atoms with Crippen LogP contribution in [-0.4, -0.2) is 35.2 Å². The predicted octanol–water partition coefficient (Wildman–Crippen LogP) is 3.14. The third kappa shape index (κ3) is 5.10. The van der Waals surface area contributed by atoms with Gasteiger partial charge in [-0.1, -0.05) is 0 Å². The van der Waals surface area contributed by atoms with Gasteiger partial charge in [-0.15, -0.1) is 0 Å². The Morgan fingerprint density at radius 3 is 2.87 bits per heavy atom. The molecule has 0 aliphatic carbocycles. The number of aromatic nitrogens is 1. The summed E-state index contributed by atoms with van der Waals surface area (Å²) in [6.45, 7) is 11.3. The molecule has 1 fully saturated rings. The number of nitrogens with zero attached hydrogens (tertiary/aromatic N) is 2. The second-order valence-corrected chi connectivity index (χ2v) is 6.94. The second kappa shape index (κ2) is 7.17. The molecule has 0 radical (unpaired) electrons. The SMILES string of the molecule is Cc1cc(/C=N\NC(=O)OC(C)(C)C)c(C)n1C[C@@H]1CCCO1. The maximum absolute atomic E-state index is 11.6. The number of carbonyl (C=O) groups is 1. The highest BCUT2D eigenvalue weighted by atomic mass is 16.6. The van der Waals surface area contributed by atoms with Crippen molar-refractivity contribution in [3.63, 3.8) is 0 Å². The molecule has 128 valence electrons. The zero-order chi connectivity index (χ0) is 17.0. The summed E-state index contributed by atoms with van der Waals surface area (Å²) in [5.41, 5.74) is 5.12. The molecule has 23 heavy (non-hydrogen) atoms. The van der Waals surface area contributed by atoms with E-state index in [1.165, 1.54) is 0 Å². The molecular weight excluding hydrogens is 294 g/mol. The molecule has 0 saturated carbocycles. The van der Waals surface area contributed by atoms with Crippen molar-refractivity contribution in [3.05, 3.63) is 23.0 Å². The summed E-state index contributed by atoms with van der Waals surface area (Å²) in [6, 6.07) is 2.06. The van der Waals surface area contributed by atoms with Crippen molar-refractivity contribution in [3.8, 4) is 0 Å². The first kappa shape index (κ1) is 17.5. The van der Waals surface area contributed by atoms with Gasteiger partial charge in [0, 0.05) is 30.1 Å². The lowest BCUT2D eigenvalue weighted by Crippen LogP contribution is -2.29. The Kier molecular flexibility index (Phi) is 5.46. The molecular formula is C17H27N3O3. The van der Waals surface area contributed by atoms with Gasteiger partial charge in [0.2, 0.25) is 0 Å². The summed E-state index contributed by atoms with van der Waals surface area (Å²) in [5, 5.41) is 3.98. The lowest BCUT2D eigenvalue weighted by atomic mass is 10.2. The minimum atomic E-state index is -0.554. The van der Waals surface area contributed by atoms with Crippen LogP contribution in [0.2, 0.25) is 0 Å². The van der Waals surface area contributed by atoms with E-state index < -0.39 is 11.7 Å². The first-order chi connectivity index (χ1) is 10.8. The van der Waals surface area contributed by atoms with Crippen molar-refractivity contribution in [2.24, 2.45) is 5.10 Å². The molecule has 1 aliphatic heterocycles. The molecule has 1 aromatic rings. The van der Waals surface area contributed by atoms with Crippen LogP contribution in [0.25, 0.3) is 0 Å². The molecule has 1 N–H and O–H groups in total. The van der Waals surface area contributed by atoms with E-state index in [-0.39, 0.29) is 0 Å². The van der Waals surface area contributed by atoms with Crippen molar-refractivity contribution in [1.29, 1.82) is 0 Å². The fourth-order valence-electron chi connectivity index (χ4n) is 2.69. The molecule has 1 atom stereocenters. The number of ether oxygens (including phenoxy) is 2. The quantitative estimate of drug-likeness (QED) is 0.684. The Morgan fingerprint density at radius 1 is 1.52 bits per heavy atom. The zero-order valence-corrected chi connectivity index (χ0v) is 14.7. The Morgan fingerprint density at radius 2 is 2.26 bits per heavy atom. The third-order valence-corrected chi connectivity index (χ3v) is 3.78. The number of hydrogen-bond donors (Lipinski definition) is 1. The van der Waals surface area contributed by atoms with Crippen LogP contribution in [0.5, 0.6) is 0 Å². The Balaban J connectivity index is 1.97. The van der Waals surface area contributed by atoms with Gasteiger partial charge < -0.3 is 14.0 Å². The van der Waals surface area contributed by atoms with Gasteiger partial charge in [0.15, 0.2) is 0 Å². The van der Waals surface area contributed by atoms with Crippen LogP contribution < -0.4 is 5.43 Å². The van der Waals surface area contributed by atoms with E-state index in [1.807, 2.05) is 20.8 Å². The minimum Gasteiger partial charge on any atom is -0.443 e. The van der Waals surface area contributed by atoms with Gasteiger partial charge in [-0.3, -0.25) is 0 Å². The molecule has 2 rings (SSSR count). The number of rotatable bonds is 4. The molecule has 6 heteroatoms. The van der Waals surface area contributed by atoms with Gasteiger partial charge in [0.1, 0.15) is 5.60 Å². The fourth-order valence-corrected chi connectivity index (χ4v) is 2.69. The summed E-state index contributed by atoms with van der Waals surface area (Å²) in [4.78, 5) is 11.6. The van der Waals surface area contributed by atoms with Gasteiger partial charge >= 0.3 is 6.09 Å². The summed E-state index contributed by atoms with van der Waals surface area (Å²) in [7, 11) is 0. The van der Waals surface area contributed by atoms with Crippen molar-refractivity contribution in [1.82, 2.24) is 9.99 Å². The minimum absolute atomic E-state index is 0.296. The number of amides is 1. The maximum atomic E-state index is 11.6. The molecule has 1 aliphatic rings. The average molecular weight is 321 g/mol. The summed E-state index contributed by atoms with van der Waals surface area (Å²) >= 11 is 0. The first-order valence-electron chi connectivity index (χ1n) is 8.06. The Bertz CT molecular complexity index is 579. The normalized spacial score (nSPS) is 18.6.